The Hall–Kier alpha value is -3.21. The summed E-state index contributed by atoms with van der Waals surface area (Å²) in [5.74, 6) is 0.295. The predicted octanol–water partition coefficient (Wildman–Crippen LogP) is 4.19. The van der Waals surface area contributed by atoms with Crippen molar-refractivity contribution in [2.45, 2.75) is 19.4 Å². The third-order valence-electron chi connectivity index (χ3n) is 4.06. The maximum atomic E-state index is 12.7. The number of allylic oxidation sites excluding steroid dienone is 1. The van der Waals surface area contributed by atoms with Crippen molar-refractivity contribution in [2.75, 3.05) is 7.11 Å². The zero-order valence-corrected chi connectivity index (χ0v) is 14.8. The average Bonchev–Trinajstić information content (AvgIpc) is 2.59. The smallest absolute Gasteiger partial charge is 0.193 e. The zero-order valence-electron chi connectivity index (χ0n) is 14.8. The molecule has 0 fully saturated rings. The molecule has 0 spiro atoms. The molecule has 0 aliphatic carbocycles. The Balaban J connectivity index is 2.03. The largest absolute Gasteiger partial charge is 0.508 e. The molecule has 0 saturated heterocycles. The number of phenols is 2. The van der Waals surface area contributed by atoms with E-state index in [1.54, 1.807) is 18.2 Å². The second-order valence-electron chi connectivity index (χ2n) is 6.54. The fourth-order valence-corrected chi connectivity index (χ4v) is 2.73. The van der Waals surface area contributed by atoms with Gasteiger partial charge in [0.15, 0.2) is 5.78 Å². The molecule has 1 aliphatic heterocycles. The minimum absolute atomic E-state index is 0.0910. The molecule has 0 saturated carbocycles. The number of hydrogen-bond acceptors (Lipinski definition) is 5. The van der Waals surface area contributed by atoms with Crippen LogP contribution in [0.25, 0.3) is 12.2 Å². The number of ketones is 1. The molecule has 0 unspecified atom stereocenters. The highest BCUT2D eigenvalue weighted by molar-refractivity contribution is 6.11. The van der Waals surface area contributed by atoms with Crippen LogP contribution in [0.15, 0.2) is 42.5 Å². The number of ether oxygens (including phenoxy) is 2. The van der Waals surface area contributed by atoms with Gasteiger partial charge in [-0.05, 0) is 49.8 Å². The van der Waals surface area contributed by atoms with Crippen molar-refractivity contribution < 1.29 is 24.5 Å². The van der Waals surface area contributed by atoms with Gasteiger partial charge >= 0.3 is 0 Å². The Morgan fingerprint density at radius 3 is 2.54 bits per heavy atom. The van der Waals surface area contributed by atoms with Crippen molar-refractivity contribution in [3.05, 3.63) is 59.2 Å². The minimum Gasteiger partial charge on any atom is -0.508 e. The summed E-state index contributed by atoms with van der Waals surface area (Å²) in [7, 11) is 1.49. The van der Waals surface area contributed by atoms with Crippen molar-refractivity contribution in [1.82, 2.24) is 0 Å². The first-order valence-electron chi connectivity index (χ1n) is 8.14. The van der Waals surface area contributed by atoms with E-state index in [0.29, 0.717) is 17.1 Å². The molecule has 2 N–H and O–H groups in total. The summed E-state index contributed by atoms with van der Waals surface area (Å²) in [6.07, 6.45) is 6.68. The van der Waals surface area contributed by atoms with Gasteiger partial charge in [-0.2, -0.15) is 0 Å². The van der Waals surface area contributed by atoms with Gasteiger partial charge in [-0.25, -0.2) is 0 Å². The molecule has 5 nitrogen and oxygen atoms in total. The van der Waals surface area contributed by atoms with Crippen LogP contribution in [0, 0.1) is 0 Å². The van der Waals surface area contributed by atoms with Crippen LogP contribution in [0.3, 0.4) is 0 Å². The zero-order chi connectivity index (χ0) is 18.9. The van der Waals surface area contributed by atoms with E-state index in [2.05, 4.69) is 0 Å². The first kappa shape index (κ1) is 17.6. The Labute approximate surface area is 151 Å². The van der Waals surface area contributed by atoms with Crippen LogP contribution in [0.4, 0.5) is 0 Å². The van der Waals surface area contributed by atoms with Crippen molar-refractivity contribution in [1.29, 1.82) is 0 Å². The van der Waals surface area contributed by atoms with Crippen LogP contribution < -0.4 is 9.47 Å². The molecule has 2 aromatic rings. The van der Waals surface area contributed by atoms with Gasteiger partial charge in [-0.1, -0.05) is 18.2 Å². The summed E-state index contributed by atoms with van der Waals surface area (Å²) >= 11 is 0. The number of phenolic OH excluding ortho intramolecular Hbond substituents is 2. The maximum Gasteiger partial charge on any atom is 0.193 e. The SMILES string of the molecule is COc1cc(O)c(C(=O)C=Cc2ccc(O)cc2)c2c1C=CC(C)(C)O2. The third-order valence-corrected chi connectivity index (χ3v) is 4.06. The van der Waals surface area contributed by atoms with Crippen LogP contribution in [0.5, 0.6) is 23.0 Å². The lowest BCUT2D eigenvalue weighted by molar-refractivity contribution is 0.103. The average molecular weight is 352 g/mol. The highest BCUT2D eigenvalue weighted by atomic mass is 16.5. The van der Waals surface area contributed by atoms with E-state index >= 15 is 0 Å². The monoisotopic (exact) mass is 352 g/mol. The molecule has 0 atom stereocenters. The van der Waals surface area contributed by atoms with Gasteiger partial charge in [0.1, 0.15) is 34.2 Å². The first-order valence-corrected chi connectivity index (χ1v) is 8.14. The highest BCUT2D eigenvalue weighted by Gasteiger charge is 2.30. The van der Waals surface area contributed by atoms with Gasteiger partial charge in [-0.3, -0.25) is 4.79 Å². The van der Waals surface area contributed by atoms with E-state index in [1.165, 1.54) is 31.4 Å². The van der Waals surface area contributed by atoms with E-state index < -0.39 is 5.60 Å². The van der Waals surface area contributed by atoms with E-state index in [-0.39, 0.29) is 22.8 Å². The molecule has 0 radical (unpaired) electrons. The van der Waals surface area contributed by atoms with Gasteiger partial charge < -0.3 is 19.7 Å². The summed E-state index contributed by atoms with van der Waals surface area (Å²) in [5.41, 5.74) is 0.847. The number of aromatic hydroxyl groups is 2. The van der Waals surface area contributed by atoms with Crippen LogP contribution in [0.1, 0.15) is 35.3 Å². The van der Waals surface area contributed by atoms with Crippen molar-refractivity contribution in [3.8, 4) is 23.0 Å². The van der Waals surface area contributed by atoms with E-state index in [0.717, 1.165) is 5.56 Å². The quantitative estimate of drug-likeness (QED) is 0.637. The van der Waals surface area contributed by atoms with Gasteiger partial charge in [0.05, 0.1) is 12.7 Å². The van der Waals surface area contributed by atoms with E-state index in [4.69, 9.17) is 9.47 Å². The molecule has 2 aromatic carbocycles. The lowest BCUT2D eigenvalue weighted by Crippen LogP contribution is -2.28. The highest BCUT2D eigenvalue weighted by Crippen LogP contribution is 2.44. The Morgan fingerprint density at radius 1 is 1.19 bits per heavy atom. The summed E-state index contributed by atoms with van der Waals surface area (Å²) in [6.45, 7) is 3.73. The lowest BCUT2D eigenvalue weighted by Gasteiger charge is -2.30. The molecule has 5 heteroatoms. The topological polar surface area (TPSA) is 76.0 Å². The van der Waals surface area contributed by atoms with Crippen molar-refractivity contribution in [3.63, 3.8) is 0 Å². The summed E-state index contributed by atoms with van der Waals surface area (Å²) in [4.78, 5) is 12.7. The predicted molar refractivity (Wildman–Crippen MR) is 99.9 cm³/mol. The lowest BCUT2D eigenvalue weighted by atomic mass is 9.96. The van der Waals surface area contributed by atoms with E-state index in [1.807, 2.05) is 26.0 Å². The molecule has 0 amide bonds. The number of fused-ring (bicyclic) bond motifs is 1. The fraction of sp³-hybridized carbons (Fsp3) is 0.190. The number of hydrogen-bond donors (Lipinski definition) is 2. The summed E-state index contributed by atoms with van der Waals surface area (Å²) in [6, 6.07) is 7.85. The summed E-state index contributed by atoms with van der Waals surface area (Å²) < 4.78 is 11.2. The molecule has 26 heavy (non-hydrogen) atoms. The van der Waals surface area contributed by atoms with Gasteiger partial charge in [0, 0.05) is 6.07 Å². The molecule has 1 aliphatic rings. The second-order valence-corrected chi connectivity index (χ2v) is 6.54. The third kappa shape index (κ3) is 3.42. The Morgan fingerprint density at radius 2 is 1.88 bits per heavy atom. The molecule has 1 heterocycles. The van der Waals surface area contributed by atoms with Gasteiger partial charge in [-0.15, -0.1) is 0 Å². The van der Waals surface area contributed by atoms with E-state index in [9.17, 15) is 15.0 Å². The normalized spacial score (nSPS) is 14.7. The summed E-state index contributed by atoms with van der Waals surface area (Å²) in [5, 5.41) is 19.7. The van der Waals surface area contributed by atoms with Gasteiger partial charge in [0.2, 0.25) is 0 Å². The minimum atomic E-state index is -0.610. The Kier molecular flexibility index (Phi) is 4.47. The second kappa shape index (κ2) is 6.59. The number of benzene rings is 2. The van der Waals surface area contributed by atoms with Crippen LogP contribution in [-0.2, 0) is 0 Å². The van der Waals surface area contributed by atoms with Crippen molar-refractivity contribution >= 4 is 17.9 Å². The molecular formula is C21H20O5. The number of carbonyl (C=O) groups excluding carboxylic acids is 1. The fourth-order valence-electron chi connectivity index (χ4n) is 2.73. The van der Waals surface area contributed by atoms with Gasteiger partial charge in [0.25, 0.3) is 0 Å². The van der Waals surface area contributed by atoms with Crippen molar-refractivity contribution in [2.24, 2.45) is 0 Å². The van der Waals surface area contributed by atoms with Crippen LogP contribution in [-0.4, -0.2) is 28.7 Å². The van der Waals surface area contributed by atoms with Crippen LogP contribution >= 0.6 is 0 Å². The molecule has 0 aromatic heterocycles. The number of carbonyl (C=O) groups is 1. The molecular weight excluding hydrogens is 332 g/mol. The molecule has 134 valence electrons. The standard InChI is InChI=1S/C21H20O5/c1-21(2)11-10-15-18(25-3)12-17(24)19(20(15)26-21)16(23)9-6-13-4-7-14(22)8-5-13/h4-12,22,24H,1-3H3. The first-order chi connectivity index (χ1) is 12.3. The Bertz CT molecular complexity index is 905. The number of methoxy groups -OCH3 is 1. The number of rotatable bonds is 4. The molecule has 0 bridgehead atoms. The van der Waals surface area contributed by atoms with Crippen LogP contribution in [0.2, 0.25) is 0 Å². The maximum absolute atomic E-state index is 12.7. The molecule has 3 rings (SSSR count).